The van der Waals surface area contributed by atoms with Crippen LogP contribution in [0, 0.1) is 0 Å². The predicted molar refractivity (Wildman–Crippen MR) is 210 cm³/mol. The van der Waals surface area contributed by atoms with Crippen molar-refractivity contribution in [3.63, 3.8) is 0 Å². The van der Waals surface area contributed by atoms with Gasteiger partial charge in [-0.05, 0) is 38.5 Å². The van der Waals surface area contributed by atoms with Crippen LogP contribution in [-0.4, -0.2) is 96.0 Å². The van der Waals surface area contributed by atoms with Crippen molar-refractivity contribution in [2.45, 2.75) is 218 Å². The number of unbranched alkanes of at least 4 members (excludes halogenated alkanes) is 21. The molecule has 54 heavy (non-hydrogen) atoms. The summed E-state index contributed by atoms with van der Waals surface area (Å²) in [6.07, 6.45) is 22.6. The van der Waals surface area contributed by atoms with E-state index in [0.29, 0.717) is 12.8 Å². The Labute approximate surface area is 326 Å². The summed E-state index contributed by atoms with van der Waals surface area (Å²) in [6, 6.07) is 0. The van der Waals surface area contributed by atoms with E-state index in [1.165, 1.54) is 96.3 Å². The van der Waals surface area contributed by atoms with Crippen LogP contribution in [0.3, 0.4) is 0 Å². The Morgan fingerprint density at radius 3 is 1.56 bits per heavy atom. The fourth-order valence-electron chi connectivity index (χ4n) is 6.49. The van der Waals surface area contributed by atoms with Crippen LogP contribution in [0.25, 0.3) is 0 Å². The van der Waals surface area contributed by atoms with E-state index < -0.39 is 71.2 Å². The molecule has 0 bridgehead atoms. The van der Waals surface area contributed by atoms with Gasteiger partial charge in [0.15, 0.2) is 12.4 Å². The number of carbonyl (C=O) groups is 2. The molecule has 2 unspecified atom stereocenters. The van der Waals surface area contributed by atoms with Gasteiger partial charge in [-0.2, -0.15) is 8.42 Å². The van der Waals surface area contributed by atoms with Crippen LogP contribution in [0.1, 0.15) is 181 Å². The Morgan fingerprint density at radius 2 is 1.06 bits per heavy atom. The fraction of sp³-hybridized carbons (Fsp3) is 0.902. The molecule has 0 aromatic rings. The lowest BCUT2D eigenvalue weighted by atomic mass is 10.00. The summed E-state index contributed by atoms with van der Waals surface area (Å²) in [4.78, 5) is 25.3. The maximum Gasteiger partial charge on any atom is 0.306 e. The van der Waals surface area contributed by atoms with E-state index in [0.717, 1.165) is 44.9 Å². The lowest BCUT2D eigenvalue weighted by molar-refractivity contribution is -0.297. The number of ether oxygens (including phenoxy) is 4. The van der Waals surface area contributed by atoms with E-state index in [1.54, 1.807) is 0 Å². The van der Waals surface area contributed by atoms with Gasteiger partial charge >= 0.3 is 11.9 Å². The van der Waals surface area contributed by atoms with Crippen molar-refractivity contribution in [3.8, 4) is 0 Å². The molecule has 6 atom stereocenters. The minimum Gasteiger partial charge on any atom is -0.462 e. The first-order valence-electron chi connectivity index (χ1n) is 21.2. The summed E-state index contributed by atoms with van der Waals surface area (Å²) >= 11 is 0. The molecule has 0 radical (unpaired) electrons. The summed E-state index contributed by atoms with van der Waals surface area (Å²) in [5.41, 5.74) is 0. The highest BCUT2D eigenvalue weighted by Crippen LogP contribution is 2.24. The lowest BCUT2D eigenvalue weighted by Gasteiger charge is -2.40. The average molecular weight is 793 g/mol. The van der Waals surface area contributed by atoms with Crippen LogP contribution in [0.5, 0.6) is 0 Å². The van der Waals surface area contributed by atoms with E-state index in [2.05, 4.69) is 26.0 Å². The topological polar surface area (TPSA) is 186 Å². The number of hydrogen-bond donors (Lipinski definition) is 4. The van der Waals surface area contributed by atoms with Gasteiger partial charge in [0, 0.05) is 12.8 Å². The number of esters is 2. The van der Waals surface area contributed by atoms with Crippen LogP contribution < -0.4 is 0 Å². The molecule has 13 heteroatoms. The summed E-state index contributed by atoms with van der Waals surface area (Å²) in [7, 11) is -4.60. The van der Waals surface area contributed by atoms with Gasteiger partial charge in [-0.15, -0.1) is 0 Å². The van der Waals surface area contributed by atoms with E-state index in [9.17, 15) is 37.9 Å². The Bertz CT molecular complexity index is 1070. The van der Waals surface area contributed by atoms with Gasteiger partial charge in [-0.1, -0.05) is 142 Å². The molecule has 12 nitrogen and oxygen atoms in total. The third-order valence-electron chi connectivity index (χ3n) is 9.85. The largest absolute Gasteiger partial charge is 0.462 e. The Balaban J connectivity index is 2.49. The lowest BCUT2D eigenvalue weighted by Crippen LogP contribution is -2.60. The molecule has 1 rings (SSSR count). The molecule has 0 aromatic heterocycles. The zero-order valence-electron chi connectivity index (χ0n) is 33.6. The molecule has 1 heterocycles. The number of allylic oxidation sites excluding steroid dienone is 2. The van der Waals surface area contributed by atoms with Crippen molar-refractivity contribution >= 4 is 22.1 Å². The van der Waals surface area contributed by atoms with Crippen LogP contribution >= 0.6 is 0 Å². The average Bonchev–Trinajstić information content (AvgIpc) is 3.13. The van der Waals surface area contributed by atoms with Gasteiger partial charge in [-0.3, -0.25) is 14.1 Å². The molecule has 0 aliphatic carbocycles. The first-order chi connectivity index (χ1) is 26.0. The molecule has 0 saturated carbocycles. The van der Waals surface area contributed by atoms with Crippen LogP contribution in [-0.2, 0) is 38.7 Å². The van der Waals surface area contributed by atoms with E-state index >= 15 is 0 Å². The van der Waals surface area contributed by atoms with Crippen molar-refractivity contribution in [1.82, 2.24) is 0 Å². The highest BCUT2D eigenvalue weighted by molar-refractivity contribution is 7.85. The van der Waals surface area contributed by atoms with E-state index in [4.69, 9.17) is 18.9 Å². The zero-order valence-corrected chi connectivity index (χ0v) is 34.4. The van der Waals surface area contributed by atoms with Gasteiger partial charge in [0.05, 0.1) is 6.61 Å². The second-order valence-corrected chi connectivity index (χ2v) is 16.5. The van der Waals surface area contributed by atoms with Gasteiger partial charge in [0.1, 0.15) is 36.8 Å². The number of rotatable bonds is 35. The van der Waals surface area contributed by atoms with Gasteiger partial charge in [0.2, 0.25) is 0 Å². The second kappa shape index (κ2) is 32.5. The molecule has 1 saturated heterocycles. The number of hydrogen-bond acceptors (Lipinski definition) is 11. The normalized spacial score (nSPS) is 21.0. The number of aliphatic hydroxyl groups is 3. The number of carbonyl (C=O) groups excluding carboxylic acids is 2. The molecule has 1 fully saturated rings. The summed E-state index contributed by atoms with van der Waals surface area (Å²) in [6.45, 7) is 3.73. The molecular formula is C41H76O12S. The maximum atomic E-state index is 12.7. The van der Waals surface area contributed by atoms with Gasteiger partial charge in [0.25, 0.3) is 10.1 Å². The molecule has 0 spiro atoms. The first-order valence-corrected chi connectivity index (χ1v) is 22.9. The Morgan fingerprint density at radius 1 is 0.611 bits per heavy atom. The van der Waals surface area contributed by atoms with Crippen molar-refractivity contribution in [2.75, 3.05) is 19.0 Å². The molecule has 318 valence electrons. The molecule has 0 aromatic carbocycles. The molecule has 1 aliphatic rings. The smallest absolute Gasteiger partial charge is 0.306 e. The zero-order chi connectivity index (χ0) is 39.9. The van der Waals surface area contributed by atoms with E-state index in [-0.39, 0.29) is 19.4 Å². The SMILES string of the molecule is CCCCCCCC/C=C/CCCCCC(=O)O[C@H](COC(=O)CCCCCCCCCCCCCCC)CO[C@@H]1O[C@@H](CS(=O)(=O)O)[C@H](O)C(O)C1O. The maximum absolute atomic E-state index is 12.7. The first kappa shape index (κ1) is 50.4. The van der Waals surface area contributed by atoms with Crippen LogP contribution in [0.15, 0.2) is 12.2 Å². The third kappa shape index (κ3) is 27.1. The monoisotopic (exact) mass is 793 g/mol. The van der Waals surface area contributed by atoms with Crippen molar-refractivity contribution < 1.29 is 56.8 Å². The Hall–Kier alpha value is -1.61. The number of aliphatic hydroxyl groups excluding tert-OH is 3. The van der Waals surface area contributed by atoms with Crippen LogP contribution in [0.2, 0.25) is 0 Å². The van der Waals surface area contributed by atoms with Crippen molar-refractivity contribution in [3.05, 3.63) is 12.2 Å². The molecule has 0 amide bonds. The van der Waals surface area contributed by atoms with Crippen LogP contribution in [0.4, 0.5) is 0 Å². The molecular weight excluding hydrogens is 717 g/mol. The second-order valence-electron chi connectivity index (χ2n) is 15.0. The predicted octanol–water partition coefficient (Wildman–Crippen LogP) is 7.89. The summed E-state index contributed by atoms with van der Waals surface area (Å²) < 4.78 is 53.9. The quantitative estimate of drug-likeness (QED) is 0.0211. The highest BCUT2D eigenvalue weighted by Gasteiger charge is 2.46. The standard InChI is InChI=1S/C41H76O12S/c1-3-5-7-9-11-13-15-17-19-21-23-25-27-29-36(42)50-31-34(32-51-41-40(46)39(45)38(44)35(53-41)33-54(47,48)49)52-37(43)30-28-26-24-22-20-18-16-14-12-10-8-6-4-2/h18,20,34-35,38-41,44-46H,3-17,19,21-33H2,1-2H3,(H,47,48,49)/b20-18+/t34-,35+,38+,39?,40?,41-/m1/s1. The van der Waals surface area contributed by atoms with E-state index in [1.807, 2.05) is 0 Å². The summed E-state index contributed by atoms with van der Waals surface area (Å²) in [5, 5.41) is 30.8. The van der Waals surface area contributed by atoms with Gasteiger partial charge < -0.3 is 34.3 Å². The van der Waals surface area contributed by atoms with Gasteiger partial charge in [-0.25, -0.2) is 0 Å². The van der Waals surface area contributed by atoms with Crippen molar-refractivity contribution in [1.29, 1.82) is 0 Å². The van der Waals surface area contributed by atoms with Crippen molar-refractivity contribution in [2.24, 2.45) is 0 Å². The Kier molecular flexibility index (Phi) is 30.3. The summed E-state index contributed by atoms with van der Waals surface area (Å²) in [5.74, 6) is -1.99. The molecule has 1 aliphatic heterocycles. The molecule has 4 N–H and O–H groups in total. The minimum absolute atomic E-state index is 0.148. The minimum atomic E-state index is -4.60. The highest BCUT2D eigenvalue weighted by atomic mass is 32.2. The third-order valence-corrected chi connectivity index (χ3v) is 10.6. The fourth-order valence-corrected chi connectivity index (χ4v) is 7.19.